The van der Waals surface area contributed by atoms with Crippen LogP contribution in [0.1, 0.15) is 37.8 Å². The monoisotopic (exact) mass is 389 g/mol. The summed E-state index contributed by atoms with van der Waals surface area (Å²) in [5, 5.41) is 3.69. The van der Waals surface area contributed by atoms with Gasteiger partial charge in [-0.05, 0) is 49.6 Å². The molecular weight excluding hydrogens is 370 g/mol. The Hall–Kier alpha value is 0.1000. The molecule has 2 nitrogen and oxygen atoms in total. The van der Waals surface area contributed by atoms with Gasteiger partial charge in [0.1, 0.15) is 0 Å². The lowest BCUT2D eigenvalue weighted by molar-refractivity contribution is 0.0389. The molecule has 2 rings (SSSR count). The van der Waals surface area contributed by atoms with Gasteiger partial charge in [0, 0.05) is 27.5 Å². The van der Waals surface area contributed by atoms with Crippen LogP contribution in [0.3, 0.4) is 0 Å². The van der Waals surface area contributed by atoms with Crippen LogP contribution >= 0.6 is 31.9 Å². The Morgan fingerprint density at radius 2 is 2.26 bits per heavy atom. The van der Waals surface area contributed by atoms with Gasteiger partial charge in [-0.25, -0.2) is 0 Å². The Labute approximate surface area is 132 Å². The van der Waals surface area contributed by atoms with Crippen LogP contribution in [0, 0.1) is 5.92 Å². The SMILES string of the molecule is CCCNC(c1cc(Br)ccc1Br)C1CCCOC1. The van der Waals surface area contributed by atoms with Crippen LogP contribution in [0.25, 0.3) is 0 Å². The van der Waals surface area contributed by atoms with E-state index in [1.165, 1.54) is 22.9 Å². The minimum absolute atomic E-state index is 0.368. The van der Waals surface area contributed by atoms with Crippen LogP contribution in [-0.2, 0) is 4.74 Å². The average molecular weight is 391 g/mol. The lowest BCUT2D eigenvalue weighted by Crippen LogP contribution is -2.34. The second kappa shape index (κ2) is 7.77. The topological polar surface area (TPSA) is 21.3 Å². The minimum atomic E-state index is 0.368. The van der Waals surface area contributed by atoms with E-state index in [4.69, 9.17) is 4.74 Å². The first-order valence-electron chi connectivity index (χ1n) is 6.98. The molecule has 1 aromatic carbocycles. The summed E-state index contributed by atoms with van der Waals surface area (Å²) in [5.41, 5.74) is 1.33. The van der Waals surface area contributed by atoms with Gasteiger partial charge >= 0.3 is 0 Å². The summed E-state index contributed by atoms with van der Waals surface area (Å²) >= 11 is 7.26. The Kier molecular flexibility index (Phi) is 6.33. The molecule has 0 spiro atoms. The van der Waals surface area contributed by atoms with Crippen molar-refractivity contribution in [1.82, 2.24) is 5.32 Å². The summed E-state index contributed by atoms with van der Waals surface area (Å²) in [7, 11) is 0. The molecule has 0 radical (unpaired) electrons. The van der Waals surface area contributed by atoms with Gasteiger partial charge < -0.3 is 10.1 Å². The maximum absolute atomic E-state index is 5.67. The molecule has 1 N–H and O–H groups in total. The van der Waals surface area contributed by atoms with Gasteiger partial charge in [-0.3, -0.25) is 0 Å². The maximum Gasteiger partial charge on any atom is 0.0512 e. The fourth-order valence-corrected chi connectivity index (χ4v) is 3.48. The highest BCUT2D eigenvalue weighted by Gasteiger charge is 2.26. The fraction of sp³-hybridized carbons (Fsp3) is 0.600. The molecule has 1 fully saturated rings. The molecule has 4 heteroatoms. The maximum atomic E-state index is 5.67. The molecule has 0 saturated carbocycles. The molecule has 0 aliphatic carbocycles. The van der Waals surface area contributed by atoms with Crippen molar-refractivity contribution >= 4 is 31.9 Å². The van der Waals surface area contributed by atoms with Crippen LogP contribution < -0.4 is 5.32 Å². The predicted molar refractivity (Wildman–Crippen MR) is 86.4 cm³/mol. The second-order valence-corrected chi connectivity index (χ2v) is 6.84. The Morgan fingerprint density at radius 1 is 1.42 bits per heavy atom. The van der Waals surface area contributed by atoms with Crippen molar-refractivity contribution in [2.24, 2.45) is 5.92 Å². The number of hydrogen-bond donors (Lipinski definition) is 1. The third-order valence-corrected chi connectivity index (χ3v) is 4.79. The first-order valence-corrected chi connectivity index (χ1v) is 8.57. The highest BCUT2D eigenvalue weighted by molar-refractivity contribution is 9.11. The smallest absolute Gasteiger partial charge is 0.0512 e. The first-order chi connectivity index (χ1) is 9.22. The molecule has 1 aromatic rings. The molecule has 0 bridgehead atoms. The summed E-state index contributed by atoms with van der Waals surface area (Å²) in [6, 6.07) is 6.77. The van der Waals surface area contributed by atoms with Gasteiger partial charge in [0.05, 0.1) is 6.61 Å². The van der Waals surface area contributed by atoms with E-state index in [-0.39, 0.29) is 0 Å². The highest BCUT2D eigenvalue weighted by atomic mass is 79.9. The van der Waals surface area contributed by atoms with Gasteiger partial charge in [-0.15, -0.1) is 0 Å². The van der Waals surface area contributed by atoms with Crippen molar-refractivity contribution in [3.05, 3.63) is 32.7 Å². The van der Waals surface area contributed by atoms with Gasteiger partial charge in [-0.2, -0.15) is 0 Å². The molecule has 1 aliphatic rings. The van der Waals surface area contributed by atoms with E-state index in [2.05, 4.69) is 62.3 Å². The van der Waals surface area contributed by atoms with Crippen molar-refractivity contribution in [3.63, 3.8) is 0 Å². The van der Waals surface area contributed by atoms with Gasteiger partial charge in [0.15, 0.2) is 0 Å². The van der Waals surface area contributed by atoms with Crippen LogP contribution in [0.5, 0.6) is 0 Å². The number of benzene rings is 1. The molecule has 1 aliphatic heterocycles. The van der Waals surface area contributed by atoms with Gasteiger partial charge in [-0.1, -0.05) is 38.8 Å². The zero-order chi connectivity index (χ0) is 13.7. The number of nitrogens with one attached hydrogen (secondary N) is 1. The average Bonchev–Trinajstić information content (AvgIpc) is 2.44. The Morgan fingerprint density at radius 3 is 2.95 bits per heavy atom. The molecule has 1 heterocycles. The van der Waals surface area contributed by atoms with E-state index < -0.39 is 0 Å². The Bertz CT molecular complexity index is 405. The quantitative estimate of drug-likeness (QED) is 0.787. The lowest BCUT2D eigenvalue weighted by Gasteiger charge is -2.32. The van der Waals surface area contributed by atoms with Crippen molar-refractivity contribution < 1.29 is 4.74 Å². The third-order valence-electron chi connectivity index (χ3n) is 3.57. The van der Waals surface area contributed by atoms with Crippen molar-refractivity contribution in [2.45, 2.75) is 32.2 Å². The Balaban J connectivity index is 2.22. The molecule has 2 unspecified atom stereocenters. The van der Waals surface area contributed by atoms with Crippen molar-refractivity contribution in [3.8, 4) is 0 Å². The van der Waals surface area contributed by atoms with Crippen LogP contribution in [0.4, 0.5) is 0 Å². The summed E-state index contributed by atoms with van der Waals surface area (Å²) in [4.78, 5) is 0. The zero-order valence-electron chi connectivity index (χ0n) is 11.3. The predicted octanol–water partition coefficient (Wildman–Crippen LogP) is 4.68. The summed E-state index contributed by atoms with van der Waals surface area (Å²) < 4.78 is 7.97. The minimum Gasteiger partial charge on any atom is -0.381 e. The molecule has 19 heavy (non-hydrogen) atoms. The van der Waals surface area contributed by atoms with E-state index in [0.717, 1.165) is 30.7 Å². The normalized spacial score (nSPS) is 21.3. The van der Waals surface area contributed by atoms with Gasteiger partial charge in [0.25, 0.3) is 0 Å². The van der Waals surface area contributed by atoms with Crippen LogP contribution in [0.2, 0.25) is 0 Å². The molecular formula is C15H21Br2NO. The van der Waals surface area contributed by atoms with E-state index in [1.807, 2.05) is 0 Å². The van der Waals surface area contributed by atoms with Crippen molar-refractivity contribution in [1.29, 1.82) is 0 Å². The molecule has 1 saturated heterocycles. The standard InChI is InChI=1S/C15H21Br2NO/c1-2-7-18-15(11-4-3-8-19-10-11)13-9-12(16)5-6-14(13)17/h5-6,9,11,15,18H,2-4,7-8,10H2,1H3. The van der Waals surface area contributed by atoms with Crippen LogP contribution in [0.15, 0.2) is 27.1 Å². The number of ether oxygens (including phenoxy) is 1. The number of rotatable bonds is 5. The number of hydrogen-bond acceptors (Lipinski definition) is 2. The van der Waals surface area contributed by atoms with Crippen molar-refractivity contribution in [2.75, 3.05) is 19.8 Å². The molecule has 106 valence electrons. The molecule has 2 atom stereocenters. The van der Waals surface area contributed by atoms with E-state index >= 15 is 0 Å². The van der Waals surface area contributed by atoms with Crippen LogP contribution in [-0.4, -0.2) is 19.8 Å². The zero-order valence-corrected chi connectivity index (χ0v) is 14.5. The lowest BCUT2D eigenvalue weighted by atomic mass is 9.88. The number of halogens is 2. The molecule has 0 aromatic heterocycles. The van der Waals surface area contributed by atoms with E-state index in [0.29, 0.717) is 12.0 Å². The van der Waals surface area contributed by atoms with Gasteiger partial charge in [0.2, 0.25) is 0 Å². The summed E-state index contributed by atoms with van der Waals surface area (Å²) in [6.45, 7) is 5.02. The highest BCUT2D eigenvalue weighted by Crippen LogP contribution is 2.34. The van der Waals surface area contributed by atoms with E-state index in [1.54, 1.807) is 0 Å². The van der Waals surface area contributed by atoms with E-state index in [9.17, 15) is 0 Å². The third kappa shape index (κ3) is 4.28. The fourth-order valence-electron chi connectivity index (χ4n) is 2.61. The first kappa shape index (κ1) is 15.5. The molecule has 0 amide bonds. The summed E-state index contributed by atoms with van der Waals surface area (Å²) in [6.07, 6.45) is 3.55. The second-order valence-electron chi connectivity index (χ2n) is 5.07. The summed E-state index contributed by atoms with van der Waals surface area (Å²) in [5.74, 6) is 0.561. The largest absolute Gasteiger partial charge is 0.381 e.